The Labute approximate surface area is 103 Å². The molecule has 6 heteroatoms. The van der Waals surface area contributed by atoms with Gasteiger partial charge in [0.15, 0.2) is 5.82 Å². The fourth-order valence-corrected chi connectivity index (χ4v) is 1.48. The SMILES string of the molecule is O=C(CCCl)Nc1ccc(-n2cccn2)nc1. The maximum absolute atomic E-state index is 11.3. The molecule has 2 aromatic rings. The quantitative estimate of drug-likeness (QED) is 0.843. The average Bonchev–Trinajstić information content (AvgIpc) is 2.84. The van der Waals surface area contributed by atoms with Crippen molar-refractivity contribution in [1.29, 1.82) is 0 Å². The molecule has 1 N–H and O–H groups in total. The van der Waals surface area contributed by atoms with Crippen molar-refractivity contribution in [2.75, 3.05) is 11.2 Å². The normalized spacial score (nSPS) is 10.2. The van der Waals surface area contributed by atoms with Crippen molar-refractivity contribution >= 4 is 23.2 Å². The Bertz CT molecular complexity index is 481. The summed E-state index contributed by atoms with van der Waals surface area (Å²) in [6.07, 6.45) is 5.36. The Morgan fingerprint density at radius 1 is 1.47 bits per heavy atom. The number of aromatic nitrogens is 3. The largest absolute Gasteiger partial charge is 0.325 e. The minimum atomic E-state index is -0.117. The number of alkyl halides is 1. The highest BCUT2D eigenvalue weighted by molar-refractivity contribution is 6.19. The molecule has 0 fully saturated rings. The number of nitrogens with zero attached hydrogens (tertiary/aromatic N) is 3. The van der Waals surface area contributed by atoms with E-state index in [0.717, 1.165) is 0 Å². The number of pyridine rings is 1. The number of hydrogen-bond acceptors (Lipinski definition) is 3. The first-order valence-electron chi connectivity index (χ1n) is 5.11. The van der Waals surface area contributed by atoms with E-state index in [2.05, 4.69) is 15.4 Å². The molecular weight excluding hydrogens is 240 g/mol. The molecule has 0 aliphatic heterocycles. The van der Waals surface area contributed by atoms with Crippen molar-refractivity contribution in [2.45, 2.75) is 6.42 Å². The zero-order valence-corrected chi connectivity index (χ0v) is 9.76. The van der Waals surface area contributed by atoms with Crippen LogP contribution in [0.5, 0.6) is 0 Å². The maximum Gasteiger partial charge on any atom is 0.225 e. The van der Waals surface area contributed by atoms with Gasteiger partial charge in [0.2, 0.25) is 5.91 Å². The molecule has 0 radical (unpaired) electrons. The predicted molar refractivity (Wildman–Crippen MR) is 65.3 cm³/mol. The first-order chi connectivity index (χ1) is 8.29. The summed E-state index contributed by atoms with van der Waals surface area (Å²) < 4.78 is 1.64. The van der Waals surface area contributed by atoms with Crippen LogP contribution in [0.15, 0.2) is 36.8 Å². The molecule has 0 bridgehead atoms. The highest BCUT2D eigenvalue weighted by Crippen LogP contribution is 2.09. The average molecular weight is 251 g/mol. The topological polar surface area (TPSA) is 59.8 Å². The minimum absolute atomic E-state index is 0.117. The molecule has 1 amide bonds. The van der Waals surface area contributed by atoms with Gasteiger partial charge in [-0.25, -0.2) is 9.67 Å². The fourth-order valence-electron chi connectivity index (χ4n) is 1.31. The number of anilines is 1. The van der Waals surface area contributed by atoms with Crippen molar-refractivity contribution < 1.29 is 4.79 Å². The lowest BCUT2D eigenvalue weighted by Gasteiger charge is -2.04. The van der Waals surface area contributed by atoms with Crippen molar-refractivity contribution in [3.05, 3.63) is 36.8 Å². The molecule has 0 unspecified atom stereocenters. The van der Waals surface area contributed by atoms with Gasteiger partial charge in [0.1, 0.15) is 0 Å². The second-order valence-electron chi connectivity index (χ2n) is 3.34. The zero-order valence-electron chi connectivity index (χ0n) is 9.01. The molecule has 0 aromatic carbocycles. The maximum atomic E-state index is 11.3. The van der Waals surface area contributed by atoms with Crippen LogP contribution in [-0.4, -0.2) is 26.6 Å². The lowest BCUT2D eigenvalue weighted by Crippen LogP contribution is -2.12. The van der Waals surface area contributed by atoms with E-state index in [1.807, 2.05) is 6.07 Å². The Hall–Kier alpha value is -1.88. The van der Waals surface area contributed by atoms with E-state index in [4.69, 9.17) is 11.6 Å². The van der Waals surface area contributed by atoms with Crippen LogP contribution >= 0.6 is 11.6 Å². The fraction of sp³-hybridized carbons (Fsp3) is 0.182. The molecule has 0 aliphatic carbocycles. The first-order valence-corrected chi connectivity index (χ1v) is 5.65. The Morgan fingerprint density at radius 3 is 2.94 bits per heavy atom. The third-order valence-electron chi connectivity index (χ3n) is 2.09. The molecule has 2 rings (SSSR count). The molecule has 0 atom stereocenters. The standard InChI is InChI=1S/C11H11ClN4O/c12-5-4-11(17)15-9-2-3-10(13-8-9)16-7-1-6-14-16/h1-3,6-8H,4-5H2,(H,15,17). The van der Waals surface area contributed by atoms with Gasteiger partial charge in [0.05, 0.1) is 11.9 Å². The van der Waals surface area contributed by atoms with E-state index in [9.17, 15) is 4.79 Å². The number of nitrogens with one attached hydrogen (secondary N) is 1. The van der Waals surface area contributed by atoms with Gasteiger partial charge in [0, 0.05) is 24.7 Å². The monoisotopic (exact) mass is 250 g/mol. The van der Waals surface area contributed by atoms with E-state index in [0.29, 0.717) is 23.8 Å². The third kappa shape index (κ3) is 3.04. The number of carbonyl (C=O) groups excluding carboxylic acids is 1. The van der Waals surface area contributed by atoms with E-state index < -0.39 is 0 Å². The van der Waals surface area contributed by atoms with Crippen LogP contribution in [0.2, 0.25) is 0 Å². The molecular formula is C11H11ClN4O. The molecule has 2 heterocycles. The molecule has 88 valence electrons. The van der Waals surface area contributed by atoms with Crippen LogP contribution < -0.4 is 5.32 Å². The summed E-state index contributed by atoms with van der Waals surface area (Å²) in [6, 6.07) is 5.37. The van der Waals surface area contributed by atoms with Gasteiger partial charge in [-0.15, -0.1) is 11.6 Å². The zero-order chi connectivity index (χ0) is 12.1. The van der Waals surface area contributed by atoms with Crippen molar-refractivity contribution in [3.63, 3.8) is 0 Å². The van der Waals surface area contributed by atoms with Gasteiger partial charge < -0.3 is 5.32 Å². The molecule has 0 spiro atoms. The summed E-state index contributed by atoms with van der Waals surface area (Å²) in [4.78, 5) is 15.5. The summed E-state index contributed by atoms with van der Waals surface area (Å²) in [7, 11) is 0. The lowest BCUT2D eigenvalue weighted by atomic mass is 10.3. The molecule has 5 nitrogen and oxygen atoms in total. The number of halogens is 1. The van der Waals surface area contributed by atoms with Gasteiger partial charge in [-0.3, -0.25) is 4.79 Å². The van der Waals surface area contributed by atoms with E-state index in [1.54, 1.807) is 35.4 Å². The minimum Gasteiger partial charge on any atom is -0.325 e. The second kappa shape index (κ2) is 5.45. The number of carbonyl (C=O) groups is 1. The van der Waals surface area contributed by atoms with Crippen LogP contribution in [0.25, 0.3) is 5.82 Å². The summed E-state index contributed by atoms with van der Waals surface area (Å²) >= 11 is 5.47. The van der Waals surface area contributed by atoms with Crippen LogP contribution in [0.1, 0.15) is 6.42 Å². The number of rotatable bonds is 4. The van der Waals surface area contributed by atoms with Crippen molar-refractivity contribution in [3.8, 4) is 5.82 Å². The van der Waals surface area contributed by atoms with Crippen molar-refractivity contribution in [2.24, 2.45) is 0 Å². The molecule has 0 aliphatic rings. The summed E-state index contributed by atoms with van der Waals surface area (Å²) in [5.41, 5.74) is 0.649. The van der Waals surface area contributed by atoms with Gasteiger partial charge in [-0.1, -0.05) is 0 Å². The second-order valence-corrected chi connectivity index (χ2v) is 3.72. The molecule has 0 saturated carbocycles. The summed E-state index contributed by atoms with van der Waals surface area (Å²) in [5, 5.41) is 6.76. The summed E-state index contributed by atoms with van der Waals surface area (Å²) in [6.45, 7) is 0. The van der Waals surface area contributed by atoms with E-state index in [1.165, 1.54) is 0 Å². The predicted octanol–water partition coefficient (Wildman–Crippen LogP) is 1.83. The van der Waals surface area contributed by atoms with Crippen LogP contribution in [-0.2, 0) is 4.79 Å². The number of hydrogen-bond donors (Lipinski definition) is 1. The highest BCUT2D eigenvalue weighted by Gasteiger charge is 2.02. The first kappa shape index (κ1) is 11.6. The van der Waals surface area contributed by atoms with Crippen LogP contribution in [0.3, 0.4) is 0 Å². The Balaban J connectivity index is 2.06. The third-order valence-corrected chi connectivity index (χ3v) is 2.28. The van der Waals surface area contributed by atoms with Gasteiger partial charge in [0.25, 0.3) is 0 Å². The van der Waals surface area contributed by atoms with Gasteiger partial charge in [-0.2, -0.15) is 5.10 Å². The van der Waals surface area contributed by atoms with Gasteiger partial charge >= 0.3 is 0 Å². The molecule has 17 heavy (non-hydrogen) atoms. The lowest BCUT2D eigenvalue weighted by molar-refractivity contribution is -0.115. The number of amides is 1. The molecule has 0 saturated heterocycles. The van der Waals surface area contributed by atoms with Crippen molar-refractivity contribution in [1.82, 2.24) is 14.8 Å². The molecule has 2 aromatic heterocycles. The Kier molecular flexibility index (Phi) is 3.72. The van der Waals surface area contributed by atoms with Gasteiger partial charge in [-0.05, 0) is 18.2 Å². The van der Waals surface area contributed by atoms with E-state index >= 15 is 0 Å². The highest BCUT2D eigenvalue weighted by atomic mass is 35.5. The Morgan fingerprint density at radius 2 is 2.35 bits per heavy atom. The van der Waals surface area contributed by atoms with Crippen LogP contribution in [0, 0.1) is 0 Å². The summed E-state index contributed by atoms with van der Waals surface area (Å²) in [5.74, 6) is 0.893. The van der Waals surface area contributed by atoms with Crippen LogP contribution in [0.4, 0.5) is 5.69 Å². The van der Waals surface area contributed by atoms with E-state index in [-0.39, 0.29) is 5.91 Å². The smallest absolute Gasteiger partial charge is 0.225 e.